The predicted molar refractivity (Wildman–Crippen MR) is 52.5 cm³/mol. The van der Waals surface area contributed by atoms with Crippen LogP contribution in [0.25, 0.3) is 5.69 Å². The van der Waals surface area contributed by atoms with E-state index >= 15 is 0 Å². The topological polar surface area (TPSA) is 72.9 Å². The molecule has 78 valence electrons. The highest BCUT2D eigenvalue weighted by molar-refractivity contribution is 5.39. The maximum absolute atomic E-state index is 11.6. The van der Waals surface area contributed by atoms with Crippen LogP contribution in [0.3, 0.4) is 0 Å². The molecule has 0 aliphatic rings. The fourth-order valence-corrected chi connectivity index (χ4v) is 1.32. The Hall–Kier alpha value is -1.95. The van der Waals surface area contributed by atoms with Crippen LogP contribution < -0.4 is 5.69 Å². The lowest BCUT2D eigenvalue weighted by molar-refractivity contribution is 0.281. The molecule has 6 nitrogen and oxygen atoms in total. The summed E-state index contributed by atoms with van der Waals surface area (Å²) in [6.07, 6.45) is 0. The molecule has 2 aromatic rings. The van der Waals surface area contributed by atoms with E-state index in [2.05, 4.69) is 10.4 Å². The van der Waals surface area contributed by atoms with E-state index in [1.54, 1.807) is 24.3 Å². The van der Waals surface area contributed by atoms with Gasteiger partial charge in [0.1, 0.15) is 0 Å². The van der Waals surface area contributed by atoms with E-state index in [9.17, 15) is 4.79 Å². The summed E-state index contributed by atoms with van der Waals surface area (Å²) in [4.78, 5) is 11.6. The molecular weight excluding hydrogens is 196 g/mol. The van der Waals surface area contributed by atoms with Crippen molar-refractivity contribution in [2.24, 2.45) is 7.05 Å². The first-order valence-corrected chi connectivity index (χ1v) is 4.42. The second kappa shape index (κ2) is 3.66. The molecule has 0 fully saturated rings. The molecule has 0 saturated carbocycles. The summed E-state index contributed by atoms with van der Waals surface area (Å²) >= 11 is 0. The van der Waals surface area contributed by atoms with Crippen LogP contribution in [0.5, 0.6) is 0 Å². The molecule has 0 bridgehead atoms. The number of benzene rings is 1. The van der Waals surface area contributed by atoms with Gasteiger partial charge >= 0.3 is 5.69 Å². The van der Waals surface area contributed by atoms with Gasteiger partial charge in [0.25, 0.3) is 0 Å². The Bertz CT molecular complexity index is 529. The summed E-state index contributed by atoms with van der Waals surface area (Å²) in [5.74, 6) is 0. The van der Waals surface area contributed by atoms with Gasteiger partial charge in [0, 0.05) is 12.6 Å². The third-order valence-corrected chi connectivity index (χ3v) is 2.11. The fourth-order valence-electron chi connectivity index (χ4n) is 1.32. The number of hydrogen-bond donors (Lipinski definition) is 1. The molecule has 2 rings (SSSR count). The smallest absolute Gasteiger partial charge is 0.368 e. The van der Waals surface area contributed by atoms with Crippen molar-refractivity contribution >= 4 is 0 Å². The number of aliphatic hydroxyl groups excluding tert-OH is 1. The average molecular weight is 206 g/mol. The number of rotatable bonds is 2. The maximum atomic E-state index is 11.6. The summed E-state index contributed by atoms with van der Waals surface area (Å²) in [6.45, 7) is -0.140. The number of tetrazole rings is 1. The molecule has 1 aromatic carbocycles. The number of aliphatic hydroxyl groups is 1. The third-order valence-electron chi connectivity index (χ3n) is 2.11. The maximum Gasteiger partial charge on any atom is 0.368 e. The number of aromatic nitrogens is 4. The van der Waals surface area contributed by atoms with Crippen molar-refractivity contribution in [2.75, 3.05) is 0 Å². The Morgan fingerprint density at radius 3 is 2.67 bits per heavy atom. The van der Waals surface area contributed by atoms with Gasteiger partial charge in [-0.3, -0.25) is 0 Å². The number of hydrogen-bond acceptors (Lipinski definition) is 4. The minimum Gasteiger partial charge on any atom is -0.392 e. The molecule has 15 heavy (non-hydrogen) atoms. The van der Waals surface area contributed by atoms with Crippen molar-refractivity contribution in [3.05, 3.63) is 40.3 Å². The lowest BCUT2D eigenvalue weighted by Crippen LogP contribution is -2.22. The van der Waals surface area contributed by atoms with Gasteiger partial charge in [-0.25, -0.2) is 4.79 Å². The minimum atomic E-state index is -0.337. The second-order valence-electron chi connectivity index (χ2n) is 3.08. The standard InChI is InChI=1S/C9H10N4O2/c1-12-9(15)13(11-10-12)8-5-3-2-4-7(8)6-14/h2-5,14H,6H2,1H3. The molecule has 1 heterocycles. The molecule has 0 atom stereocenters. The van der Waals surface area contributed by atoms with Gasteiger partial charge in [0.15, 0.2) is 0 Å². The highest BCUT2D eigenvalue weighted by Gasteiger charge is 2.09. The molecule has 0 saturated heterocycles. The molecule has 1 N–H and O–H groups in total. The SMILES string of the molecule is Cn1nnn(-c2ccccc2CO)c1=O. The quantitative estimate of drug-likeness (QED) is 0.716. The molecule has 0 unspecified atom stereocenters. The van der Waals surface area contributed by atoms with Crippen LogP contribution in [-0.4, -0.2) is 24.9 Å². The first-order chi connectivity index (χ1) is 7.24. The lowest BCUT2D eigenvalue weighted by atomic mass is 10.2. The van der Waals surface area contributed by atoms with Gasteiger partial charge in [-0.05, 0) is 16.5 Å². The van der Waals surface area contributed by atoms with Crippen LogP contribution in [0, 0.1) is 0 Å². The summed E-state index contributed by atoms with van der Waals surface area (Å²) in [5.41, 5.74) is 0.856. The van der Waals surface area contributed by atoms with Crippen molar-refractivity contribution in [3.8, 4) is 5.69 Å². The Morgan fingerprint density at radius 1 is 1.33 bits per heavy atom. The van der Waals surface area contributed by atoms with E-state index in [1.165, 1.54) is 7.05 Å². The Labute approximate surface area is 85.4 Å². The molecule has 1 aromatic heterocycles. The van der Waals surface area contributed by atoms with Crippen LogP contribution in [-0.2, 0) is 13.7 Å². The number of para-hydroxylation sites is 1. The number of nitrogens with zero attached hydrogens (tertiary/aromatic N) is 4. The summed E-state index contributed by atoms with van der Waals surface area (Å²) in [6, 6.07) is 7.00. The lowest BCUT2D eigenvalue weighted by Gasteiger charge is -2.03. The first kappa shape index (κ1) is 9.60. The second-order valence-corrected chi connectivity index (χ2v) is 3.08. The molecule has 6 heteroatoms. The average Bonchev–Trinajstić information content (AvgIpc) is 2.60. The van der Waals surface area contributed by atoms with Crippen molar-refractivity contribution in [2.45, 2.75) is 6.61 Å². The molecular formula is C9H10N4O2. The van der Waals surface area contributed by atoms with E-state index in [1.807, 2.05) is 0 Å². The Morgan fingerprint density at radius 2 is 2.07 bits per heavy atom. The predicted octanol–water partition coefficient (Wildman–Crippen LogP) is -0.542. The third kappa shape index (κ3) is 1.55. The van der Waals surface area contributed by atoms with Gasteiger partial charge in [-0.15, -0.1) is 0 Å². The van der Waals surface area contributed by atoms with Crippen molar-refractivity contribution in [1.29, 1.82) is 0 Å². The van der Waals surface area contributed by atoms with Crippen molar-refractivity contribution in [3.63, 3.8) is 0 Å². The largest absolute Gasteiger partial charge is 0.392 e. The van der Waals surface area contributed by atoms with Gasteiger partial charge in [0.05, 0.1) is 12.3 Å². The van der Waals surface area contributed by atoms with E-state index in [0.29, 0.717) is 11.3 Å². The van der Waals surface area contributed by atoms with Gasteiger partial charge in [-0.2, -0.15) is 9.36 Å². The van der Waals surface area contributed by atoms with Crippen LogP contribution in [0.1, 0.15) is 5.56 Å². The van der Waals surface area contributed by atoms with E-state index < -0.39 is 0 Å². The molecule has 0 radical (unpaired) electrons. The fraction of sp³-hybridized carbons (Fsp3) is 0.222. The van der Waals surface area contributed by atoms with E-state index in [-0.39, 0.29) is 12.3 Å². The Kier molecular flexibility index (Phi) is 2.34. The van der Waals surface area contributed by atoms with E-state index in [0.717, 1.165) is 9.36 Å². The van der Waals surface area contributed by atoms with Crippen LogP contribution in [0.4, 0.5) is 0 Å². The monoisotopic (exact) mass is 206 g/mol. The zero-order valence-electron chi connectivity index (χ0n) is 8.16. The first-order valence-electron chi connectivity index (χ1n) is 4.42. The summed E-state index contributed by atoms with van der Waals surface area (Å²) in [5, 5.41) is 16.4. The molecule has 0 amide bonds. The Balaban J connectivity index is 2.64. The normalized spacial score (nSPS) is 10.5. The summed E-state index contributed by atoms with van der Waals surface area (Å²) in [7, 11) is 1.52. The number of aryl methyl sites for hydroxylation is 1. The highest BCUT2D eigenvalue weighted by atomic mass is 16.3. The zero-order valence-corrected chi connectivity index (χ0v) is 8.16. The zero-order chi connectivity index (χ0) is 10.8. The van der Waals surface area contributed by atoms with Crippen LogP contribution >= 0.6 is 0 Å². The van der Waals surface area contributed by atoms with Crippen molar-refractivity contribution in [1.82, 2.24) is 19.8 Å². The minimum absolute atomic E-state index is 0.140. The van der Waals surface area contributed by atoms with Crippen molar-refractivity contribution < 1.29 is 5.11 Å². The van der Waals surface area contributed by atoms with E-state index in [4.69, 9.17) is 5.11 Å². The molecule has 0 spiro atoms. The molecule has 0 aliphatic carbocycles. The van der Waals surface area contributed by atoms with Gasteiger partial charge in [-0.1, -0.05) is 18.2 Å². The molecule has 0 aliphatic heterocycles. The highest BCUT2D eigenvalue weighted by Crippen LogP contribution is 2.10. The van der Waals surface area contributed by atoms with Crippen LogP contribution in [0.2, 0.25) is 0 Å². The van der Waals surface area contributed by atoms with Gasteiger partial charge < -0.3 is 5.11 Å². The van der Waals surface area contributed by atoms with Crippen LogP contribution in [0.15, 0.2) is 29.1 Å². The summed E-state index contributed by atoms with van der Waals surface area (Å²) < 4.78 is 2.29. The van der Waals surface area contributed by atoms with Gasteiger partial charge in [0.2, 0.25) is 0 Å².